The predicted octanol–water partition coefficient (Wildman–Crippen LogP) is 3.87. The molecule has 1 aromatic carbocycles. The standard InChI is InChI=1S/C13H14BrIN2O/c1-3-13(4-2,8-16)17-12(18)10-7-9(14)5-6-11(10)15/h5-7H,3-4H2,1-2H3,(H,17,18). The molecule has 96 valence electrons. The van der Waals surface area contributed by atoms with E-state index < -0.39 is 5.54 Å². The number of amides is 1. The van der Waals surface area contributed by atoms with Crippen molar-refractivity contribution < 1.29 is 4.79 Å². The number of nitrogens with zero attached hydrogens (tertiary/aromatic N) is 1. The largest absolute Gasteiger partial charge is 0.334 e. The van der Waals surface area contributed by atoms with E-state index in [2.05, 4.69) is 49.9 Å². The molecule has 0 saturated carbocycles. The zero-order valence-corrected chi connectivity index (χ0v) is 14.0. The molecule has 1 N–H and O–H groups in total. The minimum absolute atomic E-state index is 0.203. The van der Waals surface area contributed by atoms with Gasteiger partial charge < -0.3 is 5.32 Å². The second-order valence-electron chi connectivity index (χ2n) is 3.98. The van der Waals surface area contributed by atoms with Crippen LogP contribution in [0.5, 0.6) is 0 Å². The van der Waals surface area contributed by atoms with Gasteiger partial charge in [0, 0.05) is 8.04 Å². The molecule has 0 aliphatic rings. The average molecular weight is 421 g/mol. The maximum atomic E-state index is 12.2. The van der Waals surface area contributed by atoms with Crippen LogP contribution in [-0.4, -0.2) is 11.4 Å². The summed E-state index contributed by atoms with van der Waals surface area (Å²) in [7, 11) is 0. The topological polar surface area (TPSA) is 52.9 Å². The van der Waals surface area contributed by atoms with Crippen molar-refractivity contribution >= 4 is 44.4 Å². The summed E-state index contributed by atoms with van der Waals surface area (Å²) in [6.07, 6.45) is 1.19. The molecule has 3 nitrogen and oxygen atoms in total. The fraction of sp³-hybridized carbons (Fsp3) is 0.385. The molecule has 18 heavy (non-hydrogen) atoms. The van der Waals surface area contributed by atoms with E-state index in [1.807, 2.05) is 26.0 Å². The molecule has 5 heteroatoms. The van der Waals surface area contributed by atoms with Gasteiger partial charge in [-0.3, -0.25) is 4.79 Å². The van der Waals surface area contributed by atoms with Gasteiger partial charge in [0.2, 0.25) is 0 Å². The summed E-state index contributed by atoms with van der Waals surface area (Å²) in [5.41, 5.74) is -0.186. The van der Waals surface area contributed by atoms with Gasteiger partial charge in [0.1, 0.15) is 5.54 Å². The second-order valence-corrected chi connectivity index (χ2v) is 6.06. The van der Waals surface area contributed by atoms with E-state index in [0.717, 1.165) is 8.04 Å². The lowest BCUT2D eigenvalue weighted by Crippen LogP contribution is -2.46. The summed E-state index contributed by atoms with van der Waals surface area (Å²) in [4.78, 5) is 12.2. The summed E-state index contributed by atoms with van der Waals surface area (Å²) in [5.74, 6) is -0.203. The van der Waals surface area contributed by atoms with E-state index in [1.54, 1.807) is 6.07 Å². The van der Waals surface area contributed by atoms with Crippen LogP contribution in [0.3, 0.4) is 0 Å². The van der Waals surface area contributed by atoms with Crippen molar-refractivity contribution in [1.82, 2.24) is 5.32 Å². The lowest BCUT2D eigenvalue weighted by Gasteiger charge is -2.25. The van der Waals surface area contributed by atoms with E-state index in [4.69, 9.17) is 0 Å². The number of nitrogens with one attached hydrogen (secondary N) is 1. The van der Waals surface area contributed by atoms with Gasteiger partial charge >= 0.3 is 0 Å². The Bertz CT molecular complexity index is 492. The first kappa shape index (κ1) is 15.4. The van der Waals surface area contributed by atoms with Crippen molar-refractivity contribution in [1.29, 1.82) is 5.26 Å². The highest BCUT2D eigenvalue weighted by molar-refractivity contribution is 14.1. The Labute approximate surface area is 129 Å². The lowest BCUT2D eigenvalue weighted by atomic mass is 9.94. The van der Waals surface area contributed by atoms with Gasteiger partial charge in [-0.25, -0.2) is 0 Å². The molecule has 0 atom stereocenters. The molecule has 1 rings (SSSR count). The Morgan fingerprint density at radius 3 is 2.61 bits per heavy atom. The van der Waals surface area contributed by atoms with Crippen molar-refractivity contribution in [2.45, 2.75) is 32.2 Å². The Hall–Kier alpha value is -0.610. The lowest BCUT2D eigenvalue weighted by molar-refractivity contribution is 0.0914. The van der Waals surface area contributed by atoms with Crippen LogP contribution in [0.15, 0.2) is 22.7 Å². The zero-order valence-electron chi connectivity index (χ0n) is 10.3. The highest BCUT2D eigenvalue weighted by Gasteiger charge is 2.28. The summed E-state index contributed by atoms with van der Waals surface area (Å²) in [6.45, 7) is 3.80. The van der Waals surface area contributed by atoms with Crippen molar-refractivity contribution in [3.8, 4) is 6.07 Å². The molecule has 1 aromatic rings. The highest BCUT2D eigenvalue weighted by Crippen LogP contribution is 2.20. The fourth-order valence-electron chi connectivity index (χ4n) is 1.57. The molecule has 0 saturated heterocycles. The molecule has 1 amide bonds. The molecule has 0 spiro atoms. The van der Waals surface area contributed by atoms with Crippen LogP contribution in [0.2, 0.25) is 0 Å². The third-order valence-corrected chi connectivity index (χ3v) is 4.38. The number of benzene rings is 1. The minimum Gasteiger partial charge on any atom is -0.334 e. The molecule has 0 heterocycles. The molecular formula is C13H14BrIN2O. The Balaban J connectivity index is 3.02. The van der Waals surface area contributed by atoms with Gasteiger partial charge in [-0.15, -0.1) is 0 Å². The highest BCUT2D eigenvalue weighted by atomic mass is 127. The summed E-state index contributed by atoms with van der Waals surface area (Å²) in [6, 6.07) is 7.72. The van der Waals surface area contributed by atoms with Crippen LogP contribution in [0.4, 0.5) is 0 Å². The molecule has 0 radical (unpaired) electrons. The molecular weight excluding hydrogens is 407 g/mol. The van der Waals surface area contributed by atoms with Crippen LogP contribution < -0.4 is 5.32 Å². The van der Waals surface area contributed by atoms with E-state index in [-0.39, 0.29) is 5.91 Å². The smallest absolute Gasteiger partial charge is 0.253 e. The van der Waals surface area contributed by atoms with E-state index >= 15 is 0 Å². The number of hydrogen-bond donors (Lipinski definition) is 1. The van der Waals surface area contributed by atoms with E-state index in [1.165, 1.54) is 0 Å². The summed E-state index contributed by atoms with van der Waals surface area (Å²) >= 11 is 5.46. The number of carbonyl (C=O) groups is 1. The number of carbonyl (C=O) groups excluding carboxylic acids is 1. The van der Waals surface area contributed by atoms with Crippen LogP contribution in [0, 0.1) is 14.9 Å². The number of nitriles is 1. The van der Waals surface area contributed by atoms with Gasteiger partial charge in [-0.1, -0.05) is 29.8 Å². The first-order chi connectivity index (χ1) is 8.48. The number of halogens is 2. The summed E-state index contributed by atoms with van der Waals surface area (Å²) in [5, 5.41) is 12.1. The first-order valence-corrected chi connectivity index (χ1v) is 7.54. The number of rotatable bonds is 4. The third-order valence-electron chi connectivity index (χ3n) is 2.95. The van der Waals surface area contributed by atoms with Crippen molar-refractivity contribution in [3.63, 3.8) is 0 Å². The van der Waals surface area contributed by atoms with Gasteiger partial charge in [0.25, 0.3) is 5.91 Å². The van der Waals surface area contributed by atoms with Gasteiger partial charge in [0.15, 0.2) is 0 Å². The SMILES string of the molecule is CCC(C#N)(CC)NC(=O)c1cc(Br)ccc1I. The zero-order chi connectivity index (χ0) is 13.8. The van der Waals surface area contributed by atoms with Crippen LogP contribution in [0.25, 0.3) is 0 Å². The van der Waals surface area contributed by atoms with E-state index in [9.17, 15) is 10.1 Å². The van der Waals surface area contributed by atoms with Crippen molar-refractivity contribution in [3.05, 3.63) is 31.8 Å². The Morgan fingerprint density at radius 2 is 2.11 bits per heavy atom. The Morgan fingerprint density at radius 1 is 1.50 bits per heavy atom. The quantitative estimate of drug-likeness (QED) is 0.751. The average Bonchev–Trinajstić information content (AvgIpc) is 2.38. The predicted molar refractivity (Wildman–Crippen MR) is 83.3 cm³/mol. The van der Waals surface area contributed by atoms with Gasteiger partial charge in [-0.05, 0) is 53.6 Å². The third kappa shape index (κ3) is 3.45. The van der Waals surface area contributed by atoms with Gasteiger partial charge in [-0.2, -0.15) is 5.26 Å². The Kier molecular flexibility index (Phi) is 5.60. The maximum Gasteiger partial charge on any atom is 0.253 e. The van der Waals surface area contributed by atoms with Crippen LogP contribution in [-0.2, 0) is 0 Å². The monoisotopic (exact) mass is 420 g/mol. The fourth-order valence-corrected chi connectivity index (χ4v) is 2.51. The maximum absolute atomic E-state index is 12.2. The minimum atomic E-state index is -0.775. The van der Waals surface area contributed by atoms with Crippen molar-refractivity contribution in [2.24, 2.45) is 0 Å². The molecule has 0 fully saturated rings. The van der Waals surface area contributed by atoms with Crippen LogP contribution in [0.1, 0.15) is 37.0 Å². The first-order valence-electron chi connectivity index (χ1n) is 5.67. The van der Waals surface area contributed by atoms with Crippen molar-refractivity contribution in [2.75, 3.05) is 0 Å². The van der Waals surface area contributed by atoms with Crippen LogP contribution >= 0.6 is 38.5 Å². The molecule has 0 bridgehead atoms. The molecule has 0 aliphatic heterocycles. The second kappa shape index (κ2) is 6.53. The summed E-state index contributed by atoms with van der Waals surface area (Å²) < 4.78 is 1.72. The van der Waals surface area contributed by atoms with Gasteiger partial charge in [0.05, 0.1) is 11.6 Å². The number of hydrogen-bond acceptors (Lipinski definition) is 2. The van der Waals surface area contributed by atoms with E-state index in [0.29, 0.717) is 18.4 Å². The molecule has 0 aliphatic carbocycles. The normalized spacial score (nSPS) is 10.8. The molecule has 0 unspecified atom stereocenters. The molecule has 0 aromatic heterocycles.